The van der Waals surface area contributed by atoms with Gasteiger partial charge >= 0.3 is 7.60 Å². The number of nitrogens with zero attached hydrogens (tertiary/aromatic N) is 1. The summed E-state index contributed by atoms with van der Waals surface area (Å²) >= 11 is 0. The van der Waals surface area contributed by atoms with Crippen molar-refractivity contribution in [2.24, 2.45) is 5.41 Å². The summed E-state index contributed by atoms with van der Waals surface area (Å²) in [5.41, 5.74) is 0.233. The van der Waals surface area contributed by atoms with Crippen molar-refractivity contribution in [1.29, 1.82) is 0 Å². The highest BCUT2D eigenvalue weighted by molar-refractivity contribution is 7.56. The molecule has 2 aliphatic rings. The summed E-state index contributed by atoms with van der Waals surface area (Å²) in [6, 6.07) is 9.27. The second-order valence-corrected chi connectivity index (χ2v) is 11.1. The number of hydrogen-bond acceptors (Lipinski definition) is 4. The molecule has 26 heavy (non-hydrogen) atoms. The summed E-state index contributed by atoms with van der Waals surface area (Å²) in [5, 5.41) is 0. The van der Waals surface area contributed by atoms with E-state index < -0.39 is 24.8 Å². The van der Waals surface area contributed by atoms with Gasteiger partial charge < -0.3 is 13.9 Å². The van der Waals surface area contributed by atoms with E-state index >= 15 is 0 Å². The van der Waals surface area contributed by atoms with Gasteiger partial charge in [0, 0.05) is 11.0 Å². The van der Waals surface area contributed by atoms with E-state index in [4.69, 9.17) is 9.05 Å². The zero-order valence-corrected chi connectivity index (χ0v) is 17.1. The quantitative estimate of drug-likeness (QED) is 0.581. The maximum Gasteiger partial charge on any atom is 0.345 e. The van der Waals surface area contributed by atoms with Crippen LogP contribution in [0.25, 0.3) is 5.57 Å². The first kappa shape index (κ1) is 19.3. The molecule has 3 rings (SSSR count). The molecule has 0 radical (unpaired) electrons. The molecule has 1 amide bonds. The fourth-order valence-electron chi connectivity index (χ4n) is 3.47. The van der Waals surface area contributed by atoms with E-state index in [9.17, 15) is 9.36 Å². The maximum atomic E-state index is 13.4. The second-order valence-electron chi connectivity index (χ2n) is 8.91. The highest BCUT2D eigenvalue weighted by Crippen LogP contribution is 2.64. The number of likely N-dealkylation sites (tertiary alicyclic amines) is 1. The van der Waals surface area contributed by atoms with E-state index in [2.05, 4.69) is 6.58 Å². The lowest BCUT2D eigenvalue weighted by Crippen LogP contribution is -2.70. The lowest BCUT2D eigenvalue weighted by molar-refractivity contribution is -0.151. The molecule has 6 heteroatoms. The Hall–Kier alpha value is -1.42. The van der Waals surface area contributed by atoms with Crippen LogP contribution in [0.4, 0.5) is 0 Å². The Morgan fingerprint density at radius 1 is 1.19 bits per heavy atom. The van der Waals surface area contributed by atoms with Gasteiger partial charge in [0.25, 0.3) is 0 Å². The van der Waals surface area contributed by atoms with Crippen molar-refractivity contribution < 1.29 is 18.4 Å². The summed E-state index contributed by atoms with van der Waals surface area (Å²) in [5.74, 6) is -0.192. The minimum absolute atomic E-state index is 0.192. The summed E-state index contributed by atoms with van der Waals surface area (Å²) in [6.45, 7) is 14.7. The zero-order valence-electron chi connectivity index (χ0n) is 16.2. The third kappa shape index (κ3) is 3.28. The Bertz CT molecular complexity index is 752. The van der Waals surface area contributed by atoms with Crippen molar-refractivity contribution in [3.63, 3.8) is 0 Å². The Morgan fingerprint density at radius 2 is 1.73 bits per heavy atom. The third-order valence-corrected chi connectivity index (χ3v) is 7.07. The maximum absolute atomic E-state index is 13.4. The Kier molecular flexibility index (Phi) is 4.71. The van der Waals surface area contributed by atoms with Crippen molar-refractivity contribution in [3.05, 3.63) is 42.5 Å². The van der Waals surface area contributed by atoms with Crippen LogP contribution < -0.4 is 0 Å². The van der Waals surface area contributed by atoms with Crippen LogP contribution in [0.15, 0.2) is 36.9 Å². The zero-order chi connectivity index (χ0) is 19.3. The molecule has 0 saturated carbocycles. The van der Waals surface area contributed by atoms with Gasteiger partial charge in [-0.25, -0.2) is 0 Å². The van der Waals surface area contributed by atoms with Gasteiger partial charge in [0.2, 0.25) is 5.91 Å². The van der Waals surface area contributed by atoms with Gasteiger partial charge in [0.1, 0.15) is 0 Å². The minimum Gasteiger partial charge on any atom is -0.328 e. The number of β-lactam (4-membered cyclic amide) rings is 1. The average molecular weight is 377 g/mol. The van der Waals surface area contributed by atoms with Crippen LogP contribution >= 0.6 is 7.60 Å². The summed E-state index contributed by atoms with van der Waals surface area (Å²) in [7, 11) is -3.54. The molecule has 2 unspecified atom stereocenters. The Morgan fingerprint density at radius 3 is 2.23 bits per heavy atom. The van der Waals surface area contributed by atoms with Gasteiger partial charge in [-0.1, -0.05) is 50.8 Å². The van der Waals surface area contributed by atoms with Crippen LogP contribution in [0.1, 0.15) is 40.2 Å². The lowest BCUT2D eigenvalue weighted by atomic mass is 9.85. The Balaban J connectivity index is 1.95. The van der Waals surface area contributed by atoms with Crippen molar-refractivity contribution in [1.82, 2.24) is 4.90 Å². The molecule has 0 spiro atoms. The smallest absolute Gasteiger partial charge is 0.328 e. The molecule has 2 aliphatic heterocycles. The first-order valence-electron chi connectivity index (χ1n) is 8.92. The van der Waals surface area contributed by atoms with Gasteiger partial charge in [-0.05, 0) is 31.9 Å². The summed E-state index contributed by atoms with van der Waals surface area (Å²) in [6.07, 6.45) is 0. The van der Waals surface area contributed by atoms with Crippen LogP contribution in [0.3, 0.4) is 0 Å². The number of benzene rings is 1. The van der Waals surface area contributed by atoms with Gasteiger partial charge in [0.05, 0.1) is 19.3 Å². The second kappa shape index (κ2) is 6.33. The highest BCUT2D eigenvalue weighted by atomic mass is 31.2. The number of carbonyl (C=O) groups excluding carboxylic acids is 1. The van der Waals surface area contributed by atoms with Crippen LogP contribution in [-0.4, -0.2) is 41.3 Å². The standard InChI is InChI=1S/C20H28NO4P/c1-14(15-10-8-7-9-11-15)16-17(18(22)21(16)19(2,3)4)26(23)24-12-20(5,6)13-25-26/h7-11,16-17H,1,12-13H2,2-6H3. The largest absolute Gasteiger partial charge is 0.345 e. The molecule has 0 aliphatic carbocycles. The topological polar surface area (TPSA) is 55.8 Å². The van der Waals surface area contributed by atoms with E-state index in [1.807, 2.05) is 65.0 Å². The molecule has 142 valence electrons. The summed E-state index contributed by atoms with van der Waals surface area (Å²) < 4.78 is 24.8. The number of hydrogen-bond donors (Lipinski definition) is 0. The van der Waals surface area contributed by atoms with Crippen molar-refractivity contribution >= 4 is 19.1 Å². The molecule has 0 N–H and O–H groups in total. The minimum atomic E-state index is -3.54. The van der Waals surface area contributed by atoms with Crippen LogP contribution in [0, 0.1) is 5.41 Å². The molecule has 2 atom stereocenters. The molecular formula is C20H28NO4P. The van der Waals surface area contributed by atoms with Gasteiger partial charge in [-0.15, -0.1) is 0 Å². The molecule has 0 bridgehead atoms. The number of rotatable bonds is 3. The van der Waals surface area contributed by atoms with E-state index in [0.29, 0.717) is 13.2 Å². The van der Waals surface area contributed by atoms with Gasteiger partial charge in [-0.3, -0.25) is 9.36 Å². The molecule has 5 nitrogen and oxygen atoms in total. The predicted molar refractivity (Wildman–Crippen MR) is 103 cm³/mol. The monoisotopic (exact) mass is 377 g/mol. The molecular weight excluding hydrogens is 349 g/mol. The average Bonchev–Trinajstić information content (AvgIpc) is 2.54. The normalized spacial score (nSPS) is 27.7. The van der Waals surface area contributed by atoms with E-state index in [1.165, 1.54) is 0 Å². The van der Waals surface area contributed by atoms with Gasteiger partial charge in [0.15, 0.2) is 5.66 Å². The first-order valence-corrected chi connectivity index (χ1v) is 10.5. The first-order chi connectivity index (χ1) is 12.0. The molecule has 2 fully saturated rings. The van der Waals surface area contributed by atoms with E-state index in [1.54, 1.807) is 4.90 Å². The van der Waals surface area contributed by atoms with Crippen molar-refractivity contribution in [2.45, 2.75) is 51.9 Å². The molecule has 2 heterocycles. The van der Waals surface area contributed by atoms with Crippen molar-refractivity contribution in [2.75, 3.05) is 13.2 Å². The van der Waals surface area contributed by atoms with Crippen LogP contribution in [0.5, 0.6) is 0 Å². The van der Waals surface area contributed by atoms with Crippen LogP contribution in [-0.2, 0) is 18.4 Å². The third-order valence-electron chi connectivity index (χ3n) is 4.90. The van der Waals surface area contributed by atoms with E-state index in [-0.39, 0.29) is 11.3 Å². The molecule has 1 aromatic carbocycles. The summed E-state index contributed by atoms with van der Waals surface area (Å²) in [4.78, 5) is 14.7. The number of carbonyl (C=O) groups is 1. The Labute approximate surface area is 155 Å². The highest BCUT2D eigenvalue weighted by Gasteiger charge is 2.63. The van der Waals surface area contributed by atoms with Gasteiger partial charge in [-0.2, -0.15) is 0 Å². The molecule has 1 aromatic rings. The SMILES string of the molecule is C=C(c1ccccc1)C1C(P2(=O)OCC(C)(C)CO2)C(=O)N1C(C)(C)C. The lowest BCUT2D eigenvalue weighted by Gasteiger charge is -2.56. The fraction of sp³-hybridized carbons (Fsp3) is 0.550. The number of amides is 1. The predicted octanol–water partition coefficient (Wildman–Crippen LogP) is 4.34. The molecule has 2 saturated heterocycles. The van der Waals surface area contributed by atoms with Crippen LogP contribution in [0.2, 0.25) is 0 Å². The molecule has 0 aromatic heterocycles. The van der Waals surface area contributed by atoms with Crippen molar-refractivity contribution in [3.8, 4) is 0 Å². The fourth-order valence-corrected chi connectivity index (χ4v) is 5.98. The van der Waals surface area contributed by atoms with E-state index in [0.717, 1.165) is 11.1 Å².